The lowest BCUT2D eigenvalue weighted by Gasteiger charge is -2.08. The zero-order valence-corrected chi connectivity index (χ0v) is 10.7. The molecule has 0 saturated carbocycles. The van der Waals surface area contributed by atoms with E-state index in [0.717, 1.165) is 11.1 Å². The number of amides is 1. The molecule has 0 N–H and O–H groups in total. The normalized spacial score (nSPS) is 10.4. The van der Waals surface area contributed by atoms with E-state index in [1.54, 1.807) is 14.1 Å². The molecule has 0 spiro atoms. The van der Waals surface area contributed by atoms with Crippen LogP contribution in [0.1, 0.15) is 5.56 Å². The van der Waals surface area contributed by atoms with E-state index in [4.69, 9.17) is 0 Å². The van der Waals surface area contributed by atoms with E-state index in [9.17, 15) is 4.79 Å². The van der Waals surface area contributed by atoms with Gasteiger partial charge in [0.05, 0.1) is 0 Å². The Kier molecular flexibility index (Phi) is 3.36. The number of carbonyl (C=O) groups is 1. The highest BCUT2D eigenvalue weighted by Gasteiger charge is 2.11. The van der Waals surface area contributed by atoms with Crippen LogP contribution in [0, 0.1) is 6.92 Å². The summed E-state index contributed by atoms with van der Waals surface area (Å²) < 4.78 is 0. The molecule has 0 fully saturated rings. The first-order valence-electron chi connectivity index (χ1n) is 5.62. The molecule has 94 valence electrons. The van der Waals surface area contributed by atoms with E-state index in [-0.39, 0.29) is 12.5 Å². The van der Waals surface area contributed by atoms with Crippen LogP contribution in [-0.2, 0) is 11.3 Å². The van der Waals surface area contributed by atoms with Gasteiger partial charge in [0.15, 0.2) is 0 Å². The molecule has 1 aromatic heterocycles. The van der Waals surface area contributed by atoms with Crippen molar-refractivity contribution < 1.29 is 4.79 Å². The minimum atomic E-state index is -0.0660. The fraction of sp³-hybridized carbons (Fsp3) is 0.333. The zero-order chi connectivity index (χ0) is 13.1. The summed E-state index contributed by atoms with van der Waals surface area (Å²) in [4.78, 5) is 14.3. The summed E-state index contributed by atoms with van der Waals surface area (Å²) in [5.74, 6) is 0.475. The van der Waals surface area contributed by atoms with Crippen LogP contribution in [0.4, 0.5) is 0 Å². The molecule has 2 aromatic rings. The second-order valence-electron chi connectivity index (χ2n) is 4.25. The van der Waals surface area contributed by atoms with Gasteiger partial charge in [-0.25, -0.2) is 0 Å². The van der Waals surface area contributed by atoms with Crippen LogP contribution in [-0.4, -0.2) is 45.1 Å². The van der Waals surface area contributed by atoms with Gasteiger partial charge >= 0.3 is 0 Å². The number of rotatable bonds is 3. The largest absolute Gasteiger partial charge is 0.347 e. The average molecular weight is 245 g/mol. The van der Waals surface area contributed by atoms with E-state index >= 15 is 0 Å². The van der Waals surface area contributed by atoms with Crippen molar-refractivity contribution in [2.24, 2.45) is 0 Å². The summed E-state index contributed by atoms with van der Waals surface area (Å²) >= 11 is 0. The Morgan fingerprint density at radius 2 is 2.06 bits per heavy atom. The monoisotopic (exact) mass is 245 g/mol. The number of aryl methyl sites for hydroxylation is 1. The van der Waals surface area contributed by atoms with Gasteiger partial charge in [-0.1, -0.05) is 24.3 Å². The lowest BCUT2D eigenvalue weighted by atomic mass is 10.1. The third-order valence-corrected chi connectivity index (χ3v) is 2.61. The van der Waals surface area contributed by atoms with Crippen LogP contribution in [0.3, 0.4) is 0 Å². The van der Waals surface area contributed by atoms with Crippen molar-refractivity contribution >= 4 is 5.91 Å². The highest BCUT2D eigenvalue weighted by molar-refractivity contribution is 5.75. The van der Waals surface area contributed by atoms with Gasteiger partial charge in [0.2, 0.25) is 11.7 Å². The van der Waals surface area contributed by atoms with Gasteiger partial charge in [-0.3, -0.25) is 4.79 Å². The molecule has 2 rings (SSSR count). The zero-order valence-electron chi connectivity index (χ0n) is 10.7. The first-order valence-corrected chi connectivity index (χ1v) is 5.62. The molecule has 0 unspecified atom stereocenters. The summed E-state index contributed by atoms with van der Waals surface area (Å²) in [6, 6.07) is 7.80. The standard InChI is InChI=1S/C12H15N5O/c1-9-6-4-5-7-10(9)12-13-15-17(14-12)8-11(18)16(2)3/h4-7H,8H2,1-3H3. The topological polar surface area (TPSA) is 63.9 Å². The van der Waals surface area contributed by atoms with E-state index in [2.05, 4.69) is 15.4 Å². The number of likely N-dealkylation sites (N-methyl/N-ethyl adjacent to an activating group) is 1. The Morgan fingerprint density at radius 3 is 2.72 bits per heavy atom. The van der Waals surface area contributed by atoms with Gasteiger partial charge in [-0.15, -0.1) is 10.2 Å². The number of nitrogens with zero attached hydrogens (tertiary/aromatic N) is 5. The maximum absolute atomic E-state index is 11.5. The van der Waals surface area contributed by atoms with Crippen LogP contribution in [0.2, 0.25) is 0 Å². The maximum Gasteiger partial charge on any atom is 0.245 e. The van der Waals surface area contributed by atoms with Crippen molar-refractivity contribution in [1.29, 1.82) is 0 Å². The number of tetrazole rings is 1. The predicted octanol–water partition coefficient (Wildman–Crippen LogP) is 0.737. The SMILES string of the molecule is Cc1ccccc1-c1nnn(CC(=O)N(C)C)n1. The molecule has 0 aliphatic carbocycles. The second kappa shape index (κ2) is 4.95. The van der Waals surface area contributed by atoms with Crippen LogP contribution in [0.5, 0.6) is 0 Å². The summed E-state index contributed by atoms with van der Waals surface area (Å²) in [5.41, 5.74) is 2.01. The Bertz CT molecular complexity index is 561. The lowest BCUT2D eigenvalue weighted by Crippen LogP contribution is -2.27. The highest BCUT2D eigenvalue weighted by atomic mass is 16.2. The number of carbonyl (C=O) groups excluding carboxylic acids is 1. The van der Waals surface area contributed by atoms with Crippen molar-refractivity contribution in [2.45, 2.75) is 13.5 Å². The van der Waals surface area contributed by atoms with Crippen LogP contribution in [0.15, 0.2) is 24.3 Å². The molecule has 1 amide bonds. The van der Waals surface area contributed by atoms with Gasteiger partial charge in [-0.05, 0) is 17.7 Å². The van der Waals surface area contributed by atoms with E-state index in [1.807, 2.05) is 31.2 Å². The van der Waals surface area contributed by atoms with Crippen molar-refractivity contribution in [3.8, 4) is 11.4 Å². The minimum Gasteiger partial charge on any atom is -0.347 e. The highest BCUT2D eigenvalue weighted by Crippen LogP contribution is 2.17. The molecule has 6 nitrogen and oxygen atoms in total. The average Bonchev–Trinajstić information content (AvgIpc) is 2.77. The Morgan fingerprint density at radius 1 is 1.33 bits per heavy atom. The molecule has 0 aliphatic rings. The number of aromatic nitrogens is 4. The molecule has 1 heterocycles. The Labute approximate surface area is 105 Å². The summed E-state index contributed by atoms with van der Waals surface area (Å²) in [7, 11) is 3.39. The van der Waals surface area contributed by atoms with Crippen molar-refractivity contribution in [3.63, 3.8) is 0 Å². The number of benzene rings is 1. The van der Waals surface area contributed by atoms with Crippen molar-refractivity contribution in [3.05, 3.63) is 29.8 Å². The van der Waals surface area contributed by atoms with Crippen LogP contribution < -0.4 is 0 Å². The van der Waals surface area contributed by atoms with Gasteiger partial charge in [0.1, 0.15) is 6.54 Å². The molecule has 1 aromatic carbocycles. The molecule has 18 heavy (non-hydrogen) atoms. The third-order valence-electron chi connectivity index (χ3n) is 2.61. The lowest BCUT2D eigenvalue weighted by molar-refractivity contribution is -0.129. The van der Waals surface area contributed by atoms with Crippen LogP contribution >= 0.6 is 0 Å². The van der Waals surface area contributed by atoms with Crippen LogP contribution in [0.25, 0.3) is 11.4 Å². The van der Waals surface area contributed by atoms with Gasteiger partial charge in [0, 0.05) is 19.7 Å². The fourth-order valence-electron chi connectivity index (χ4n) is 1.50. The maximum atomic E-state index is 11.5. The molecule has 0 saturated heterocycles. The van der Waals surface area contributed by atoms with E-state index < -0.39 is 0 Å². The molecule has 0 aliphatic heterocycles. The van der Waals surface area contributed by atoms with Gasteiger partial charge < -0.3 is 4.90 Å². The summed E-state index contributed by atoms with van der Waals surface area (Å²) in [6.45, 7) is 2.09. The molecule has 0 bridgehead atoms. The third kappa shape index (κ3) is 2.53. The molecular weight excluding hydrogens is 230 g/mol. The predicted molar refractivity (Wildman–Crippen MR) is 66.7 cm³/mol. The fourth-order valence-corrected chi connectivity index (χ4v) is 1.50. The Balaban J connectivity index is 2.21. The summed E-state index contributed by atoms with van der Waals surface area (Å²) in [6.07, 6.45) is 0. The molecule has 6 heteroatoms. The minimum absolute atomic E-state index is 0.0660. The van der Waals surface area contributed by atoms with E-state index in [1.165, 1.54) is 9.70 Å². The Hall–Kier alpha value is -2.24. The smallest absolute Gasteiger partial charge is 0.245 e. The van der Waals surface area contributed by atoms with Gasteiger partial charge in [0.25, 0.3) is 0 Å². The quantitative estimate of drug-likeness (QED) is 0.800. The first-order chi connectivity index (χ1) is 8.58. The second-order valence-corrected chi connectivity index (χ2v) is 4.25. The molecular formula is C12H15N5O. The number of hydrogen-bond acceptors (Lipinski definition) is 4. The number of hydrogen-bond donors (Lipinski definition) is 0. The van der Waals surface area contributed by atoms with Crippen molar-refractivity contribution in [1.82, 2.24) is 25.1 Å². The van der Waals surface area contributed by atoms with E-state index in [0.29, 0.717) is 5.82 Å². The van der Waals surface area contributed by atoms with Crippen molar-refractivity contribution in [2.75, 3.05) is 14.1 Å². The molecule has 0 radical (unpaired) electrons. The first kappa shape index (κ1) is 12.2. The van der Waals surface area contributed by atoms with Gasteiger partial charge in [-0.2, -0.15) is 4.80 Å². The molecule has 0 atom stereocenters. The summed E-state index contributed by atoms with van der Waals surface area (Å²) in [5, 5.41) is 12.1.